The van der Waals surface area contributed by atoms with Gasteiger partial charge in [0.25, 0.3) is 0 Å². The van der Waals surface area contributed by atoms with Crippen molar-refractivity contribution in [2.75, 3.05) is 5.73 Å². The molecule has 1 aliphatic heterocycles. The van der Waals surface area contributed by atoms with Crippen molar-refractivity contribution < 1.29 is 9.53 Å². The Balaban J connectivity index is 1.71. The number of hydrogen-bond donors (Lipinski definition) is 1. The first-order valence-electron chi connectivity index (χ1n) is 7.09. The standard InChI is InChI=1S/C15H18N4O2/c1-10-5-6-11(16)8-12(10)15(20)21-9-14-18-17-13-4-2-3-7-19(13)14/h5-6,8H,2-4,7,9,16H2,1H3. The van der Waals surface area contributed by atoms with E-state index in [0.29, 0.717) is 17.1 Å². The van der Waals surface area contributed by atoms with Crippen LogP contribution >= 0.6 is 0 Å². The Morgan fingerprint density at radius 2 is 2.24 bits per heavy atom. The number of esters is 1. The summed E-state index contributed by atoms with van der Waals surface area (Å²) in [5.41, 5.74) is 7.60. The van der Waals surface area contributed by atoms with Crippen LogP contribution in [0.2, 0.25) is 0 Å². The molecule has 0 bridgehead atoms. The quantitative estimate of drug-likeness (QED) is 0.688. The Labute approximate surface area is 122 Å². The molecule has 0 saturated carbocycles. The van der Waals surface area contributed by atoms with Crippen LogP contribution in [0.15, 0.2) is 18.2 Å². The molecule has 1 aromatic heterocycles. The molecular formula is C15H18N4O2. The van der Waals surface area contributed by atoms with Gasteiger partial charge in [-0.15, -0.1) is 10.2 Å². The van der Waals surface area contributed by atoms with Crippen molar-refractivity contribution in [3.05, 3.63) is 41.0 Å². The van der Waals surface area contributed by atoms with E-state index in [4.69, 9.17) is 10.5 Å². The van der Waals surface area contributed by atoms with Gasteiger partial charge >= 0.3 is 5.97 Å². The summed E-state index contributed by atoms with van der Waals surface area (Å²) in [6, 6.07) is 5.21. The number of rotatable bonds is 3. The largest absolute Gasteiger partial charge is 0.454 e. The predicted octanol–water partition coefficient (Wildman–Crippen LogP) is 1.86. The Morgan fingerprint density at radius 1 is 1.38 bits per heavy atom. The second-order valence-electron chi connectivity index (χ2n) is 5.29. The third kappa shape index (κ3) is 2.74. The van der Waals surface area contributed by atoms with E-state index in [1.54, 1.807) is 12.1 Å². The van der Waals surface area contributed by atoms with Gasteiger partial charge in [0.15, 0.2) is 12.4 Å². The number of nitrogen functional groups attached to an aromatic ring is 1. The molecule has 2 aromatic rings. The van der Waals surface area contributed by atoms with Gasteiger partial charge in [0.05, 0.1) is 5.56 Å². The van der Waals surface area contributed by atoms with Crippen molar-refractivity contribution >= 4 is 11.7 Å². The van der Waals surface area contributed by atoms with Gasteiger partial charge in [-0.05, 0) is 37.5 Å². The van der Waals surface area contributed by atoms with E-state index < -0.39 is 0 Å². The summed E-state index contributed by atoms with van der Waals surface area (Å²) in [4.78, 5) is 12.1. The lowest BCUT2D eigenvalue weighted by molar-refractivity contribution is 0.0456. The first-order chi connectivity index (χ1) is 10.1. The van der Waals surface area contributed by atoms with Crippen LogP contribution in [-0.4, -0.2) is 20.7 Å². The highest BCUT2D eigenvalue weighted by atomic mass is 16.5. The van der Waals surface area contributed by atoms with Gasteiger partial charge in [0.1, 0.15) is 5.82 Å². The van der Waals surface area contributed by atoms with Gasteiger partial charge in [-0.3, -0.25) is 0 Å². The fourth-order valence-electron chi connectivity index (χ4n) is 2.54. The summed E-state index contributed by atoms with van der Waals surface area (Å²) in [5, 5.41) is 8.26. The zero-order chi connectivity index (χ0) is 14.8. The molecule has 0 fully saturated rings. The van der Waals surface area contributed by atoms with Crippen LogP contribution in [0.3, 0.4) is 0 Å². The zero-order valence-corrected chi connectivity index (χ0v) is 12.0. The molecular weight excluding hydrogens is 268 g/mol. The summed E-state index contributed by atoms with van der Waals surface area (Å²) in [7, 11) is 0. The van der Waals surface area contributed by atoms with Crippen molar-refractivity contribution in [1.29, 1.82) is 0 Å². The van der Waals surface area contributed by atoms with Gasteiger partial charge in [0.2, 0.25) is 0 Å². The summed E-state index contributed by atoms with van der Waals surface area (Å²) < 4.78 is 7.40. The molecule has 110 valence electrons. The number of hydrogen-bond acceptors (Lipinski definition) is 5. The highest BCUT2D eigenvalue weighted by Gasteiger charge is 2.18. The van der Waals surface area contributed by atoms with Gasteiger partial charge in [-0.1, -0.05) is 6.07 Å². The first kappa shape index (κ1) is 13.6. The number of nitrogens with two attached hydrogens (primary N) is 1. The summed E-state index contributed by atoms with van der Waals surface area (Å²) in [6.07, 6.45) is 3.19. The fraction of sp³-hybridized carbons (Fsp3) is 0.400. The van der Waals surface area contributed by atoms with Crippen LogP contribution in [0.4, 0.5) is 5.69 Å². The summed E-state index contributed by atoms with van der Waals surface area (Å²) in [6.45, 7) is 2.89. The van der Waals surface area contributed by atoms with Crippen LogP contribution in [0.5, 0.6) is 0 Å². The first-order valence-corrected chi connectivity index (χ1v) is 7.09. The summed E-state index contributed by atoms with van der Waals surface area (Å²) in [5.74, 6) is 1.31. The number of aromatic nitrogens is 3. The molecule has 0 unspecified atom stereocenters. The molecule has 0 radical (unpaired) electrons. The maximum absolute atomic E-state index is 12.1. The van der Waals surface area contributed by atoms with Crippen molar-refractivity contribution in [3.8, 4) is 0 Å². The number of anilines is 1. The van der Waals surface area contributed by atoms with Crippen molar-refractivity contribution in [2.45, 2.75) is 39.3 Å². The zero-order valence-electron chi connectivity index (χ0n) is 12.0. The van der Waals surface area contributed by atoms with Crippen molar-refractivity contribution in [1.82, 2.24) is 14.8 Å². The Morgan fingerprint density at radius 3 is 3.10 bits per heavy atom. The second-order valence-corrected chi connectivity index (χ2v) is 5.29. The molecule has 0 saturated heterocycles. The minimum absolute atomic E-state index is 0.139. The van der Waals surface area contributed by atoms with Gasteiger partial charge < -0.3 is 15.0 Å². The molecule has 1 aliphatic rings. The number of nitrogens with zero attached hydrogens (tertiary/aromatic N) is 3. The highest BCUT2D eigenvalue weighted by Crippen LogP contribution is 2.17. The van der Waals surface area contributed by atoms with Gasteiger partial charge in [-0.25, -0.2) is 4.79 Å². The van der Waals surface area contributed by atoms with Gasteiger partial charge in [0, 0.05) is 18.7 Å². The van der Waals surface area contributed by atoms with E-state index in [1.165, 1.54) is 0 Å². The van der Waals surface area contributed by atoms with Crippen molar-refractivity contribution in [3.63, 3.8) is 0 Å². The van der Waals surface area contributed by atoms with Crippen molar-refractivity contribution in [2.24, 2.45) is 0 Å². The molecule has 2 heterocycles. The number of fused-ring (bicyclic) bond motifs is 1. The van der Waals surface area contributed by atoms with E-state index in [2.05, 4.69) is 10.2 Å². The fourth-order valence-corrected chi connectivity index (χ4v) is 2.54. The normalized spacial score (nSPS) is 13.8. The lowest BCUT2D eigenvalue weighted by Crippen LogP contribution is -2.15. The smallest absolute Gasteiger partial charge is 0.338 e. The number of ether oxygens (including phenoxy) is 1. The number of carbonyl (C=O) groups excluding carboxylic acids is 1. The number of aryl methyl sites for hydroxylation is 2. The molecule has 3 rings (SSSR count). The molecule has 2 N–H and O–H groups in total. The molecule has 0 aliphatic carbocycles. The monoisotopic (exact) mass is 286 g/mol. The predicted molar refractivity (Wildman–Crippen MR) is 77.7 cm³/mol. The Kier molecular flexibility index (Phi) is 3.60. The molecule has 21 heavy (non-hydrogen) atoms. The lowest BCUT2D eigenvalue weighted by atomic mass is 10.1. The van der Waals surface area contributed by atoms with Crippen LogP contribution in [0.1, 0.15) is 40.4 Å². The maximum Gasteiger partial charge on any atom is 0.338 e. The summed E-state index contributed by atoms with van der Waals surface area (Å²) >= 11 is 0. The third-order valence-corrected chi connectivity index (χ3v) is 3.75. The SMILES string of the molecule is Cc1ccc(N)cc1C(=O)OCc1nnc2n1CCCC2. The molecule has 6 nitrogen and oxygen atoms in total. The van der Waals surface area contributed by atoms with E-state index >= 15 is 0 Å². The minimum Gasteiger partial charge on any atom is -0.454 e. The topological polar surface area (TPSA) is 83.0 Å². The van der Waals surface area contributed by atoms with E-state index in [1.807, 2.05) is 17.6 Å². The molecule has 6 heteroatoms. The molecule has 0 amide bonds. The van der Waals surface area contributed by atoms with Crippen LogP contribution in [-0.2, 0) is 24.3 Å². The van der Waals surface area contributed by atoms with Crippen LogP contribution < -0.4 is 5.73 Å². The third-order valence-electron chi connectivity index (χ3n) is 3.75. The van der Waals surface area contributed by atoms with E-state index in [9.17, 15) is 4.79 Å². The van der Waals surface area contributed by atoms with Crippen LogP contribution in [0.25, 0.3) is 0 Å². The lowest BCUT2D eigenvalue weighted by Gasteiger charge is -2.14. The van der Waals surface area contributed by atoms with E-state index in [0.717, 1.165) is 37.2 Å². The molecule has 0 atom stereocenters. The minimum atomic E-state index is -0.382. The van der Waals surface area contributed by atoms with Gasteiger partial charge in [-0.2, -0.15) is 0 Å². The Hall–Kier alpha value is -2.37. The number of benzene rings is 1. The highest BCUT2D eigenvalue weighted by molar-refractivity contribution is 5.92. The molecule has 1 aromatic carbocycles. The second kappa shape index (κ2) is 5.55. The Bertz CT molecular complexity index is 678. The average Bonchev–Trinajstić information content (AvgIpc) is 2.90. The molecule has 0 spiro atoms. The maximum atomic E-state index is 12.1. The number of carbonyl (C=O) groups is 1. The van der Waals surface area contributed by atoms with Crippen LogP contribution in [0, 0.1) is 6.92 Å². The van der Waals surface area contributed by atoms with E-state index in [-0.39, 0.29) is 12.6 Å². The average molecular weight is 286 g/mol.